The van der Waals surface area contributed by atoms with Gasteiger partial charge in [-0.2, -0.15) is 0 Å². The van der Waals surface area contributed by atoms with Gasteiger partial charge in [0.2, 0.25) is 11.0 Å². The fraction of sp³-hybridized carbons (Fsp3) is 0.375. The summed E-state index contributed by atoms with van der Waals surface area (Å²) < 4.78 is 4.92. The summed E-state index contributed by atoms with van der Waals surface area (Å²) in [5, 5.41) is 10.7. The molecule has 0 N–H and O–H groups in total. The smallest absolute Gasteiger partial charge is 0.364 e. The molecule has 92 valence electrons. The predicted molar refractivity (Wildman–Crippen MR) is 67.4 cm³/mol. The Balaban J connectivity index is 3.40. The molecule has 0 spiro atoms. The van der Waals surface area contributed by atoms with Crippen molar-refractivity contribution in [1.29, 1.82) is 0 Å². The molecule has 0 unspecified atom stereocenters. The lowest BCUT2D eigenvalue weighted by Gasteiger charge is -2.05. The Morgan fingerprint density at radius 1 is 1.59 bits per heavy atom. The van der Waals surface area contributed by atoms with Crippen molar-refractivity contribution in [1.82, 2.24) is 9.97 Å². The van der Waals surface area contributed by atoms with Crippen molar-refractivity contribution in [2.75, 3.05) is 6.61 Å². The number of hydrogen-bond acceptors (Lipinski definition) is 6. The van der Waals surface area contributed by atoms with Gasteiger partial charge < -0.3 is 4.74 Å². The van der Waals surface area contributed by atoms with Gasteiger partial charge in [-0.25, -0.2) is 14.8 Å². The van der Waals surface area contributed by atoms with Crippen molar-refractivity contribution in [3.05, 3.63) is 26.8 Å². The second-order valence-electron chi connectivity index (χ2n) is 2.75. The maximum Gasteiger partial charge on any atom is 0.364 e. The number of rotatable bonds is 4. The van der Waals surface area contributed by atoms with E-state index in [2.05, 4.69) is 14.7 Å². The summed E-state index contributed by atoms with van der Waals surface area (Å²) in [6.07, 6.45) is 0. The zero-order valence-electron chi connectivity index (χ0n) is 8.64. The highest BCUT2D eigenvalue weighted by molar-refractivity contribution is 14.1. The molecule has 0 atom stereocenters. The molecule has 0 fully saturated rings. The topological polar surface area (TPSA) is 95.2 Å². The van der Waals surface area contributed by atoms with E-state index >= 15 is 0 Å². The van der Waals surface area contributed by atoms with Crippen LogP contribution in [0.2, 0.25) is 5.28 Å². The van der Waals surface area contributed by atoms with Crippen LogP contribution in [0.25, 0.3) is 0 Å². The Kier molecular flexibility index (Phi) is 5.00. The molecule has 1 aromatic heterocycles. The molecule has 0 saturated heterocycles. The molecular formula is C8H7ClIN3O4. The summed E-state index contributed by atoms with van der Waals surface area (Å²) >= 11 is 7.48. The number of ether oxygens (including phenoxy) is 1. The number of aromatic nitrogens is 2. The van der Waals surface area contributed by atoms with Gasteiger partial charge in [-0.15, -0.1) is 0 Å². The van der Waals surface area contributed by atoms with Crippen molar-refractivity contribution < 1.29 is 14.5 Å². The van der Waals surface area contributed by atoms with Gasteiger partial charge in [0, 0.05) is 4.43 Å². The van der Waals surface area contributed by atoms with Gasteiger partial charge in [-0.3, -0.25) is 10.1 Å². The van der Waals surface area contributed by atoms with Crippen molar-refractivity contribution >= 4 is 45.8 Å². The zero-order chi connectivity index (χ0) is 13.0. The molecular weight excluding hydrogens is 364 g/mol. The van der Waals surface area contributed by atoms with Crippen LogP contribution in [0.5, 0.6) is 0 Å². The van der Waals surface area contributed by atoms with Crippen LogP contribution < -0.4 is 0 Å². The molecule has 1 rings (SSSR count). The van der Waals surface area contributed by atoms with Crippen LogP contribution in [0.1, 0.15) is 23.1 Å². The molecule has 9 heteroatoms. The average molecular weight is 372 g/mol. The Labute approximate surface area is 115 Å². The summed E-state index contributed by atoms with van der Waals surface area (Å²) in [6.45, 7) is 1.68. The maximum absolute atomic E-state index is 11.5. The van der Waals surface area contributed by atoms with E-state index in [9.17, 15) is 14.9 Å². The van der Waals surface area contributed by atoms with Gasteiger partial charge in [0.25, 0.3) is 0 Å². The lowest BCUT2D eigenvalue weighted by Crippen LogP contribution is -2.13. The number of nitro groups is 1. The average Bonchev–Trinajstić information content (AvgIpc) is 2.27. The van der Waals surface area contributed by atoms with Gasteiger partial charge in [-0.1, -0.05) is 22.6 Å². The number of carbonyl (C=O) groups is 1. The quantitative estimate of drug-likeness (QED) is 0.201. The van der Waals surface area contributed by atoms with Crippen molar-refractivity contribution in [2.45, 2.75) is 11.4 Å². The van der Waals surface area contributed by atoms with E-state index in [1.165, 1.54) is 0 Å². The summed E-state index contributed by atoms with van der Waals surface area (Å²) in [5.74, 6) is -0.880. The Hall–Kier alpha value is -1.03. The van der Waals surface area contributed by atoms with Crippen LogP contribution in [-0.2, 0) is 9.16 Å². The van der Waals surface area contributed by atoms with Crippen LogP contribution in [-0.4, -0.2) is 27.5 Å². The highest BCUT2D eigenvalue weighted by Gasteiger charge is 2.29. The molecule has 7 nitrogen and oxygen atoms in total. The van der Waals surface area contributed by atoms with Gasteiger partial charge in [0.15, 0.2) is 0 Å². The standard InChI is InChI=1S/C8H7ClIN3O4/c1-2-17-7(14)5-6(13(15)16)4(3-10)11-8(9)12-5/h2-3H2,1H3. The third kappa shape index (κ3) is 3.22. The minimum atomic E-state index is -0.880. The SMILES string of the molecule is CCOC(=O)c1nc(Cl)nc(CI)c1[N+](=O)[O-]. The van der Waals surface area contributed by atoms with Gasteiger partial charge in [0.1, 0.15) is 5.69 Å². The molecule has 0 saturated carbocycles. The molecule has 0 aliphatic rings. The molecule has 0 aromatic carbocycles. The normalized spacial score (nSPS) is 10.1. The second kappa shape index (κ2) is 6.05. The van der Waals surface area contributed by atoms with E-state index in [1.807, 2.05) is 22.6 Å². The lowest BCUT2D eigenvalue weighted by atomic mass is 10.3. The first-order chi connectivity index (χ1) is 8.01. The van der Waals surface area contributed by atoms with Crippen LogP contribution in [0.15, 0.2) is 0 Å². The van der Waals surface area contributed by atoms with E-state index in [4.69, 9.17) is 11.6 Å². The largest absolute Gasteiger partial charge is 0.461 e. The molecule has 0 aliphatic heterocycles. The highest BCUT2D eigenvalue weighted by Crippen LogP contribution is 2.25. The molecule has 0 bridgehead atoms. The number of esters is 1. The molecule has 1 heterocycles. The van der Waals surface area contributed by atoms with Gasteiger partial charge in [0.05, 0.1) is 11.5 Å². The predicted octanol–water partition coefficient (Wildman–Crippen LogP) is 2.15. The summed E-state index contributed by atoms with van der Waals surface area (Å²) in [5.41, 5.74) is -0.774. The van der Waals surface area contributed by atoms with Gasteiger partial charge in [-0.05, 0) is 18.5 Å². The minimum absolute atomic E-state index is 0.0944. The first kappa shape index (κ1) is 14.0. The number of hydrogen-bond donors (Lipinski definition) is 0. The molecule has 0 radical (unpaired) electrons. The molecule has 17 heavy (non-hydrogen) atoms. The van der Waals surface area contributed by atoms with E-state index in [0.29, 0.717) is 0 Å². The van der Waals surface area contributed by atoms with E-state index in [1.54, 1.807) is 6.92 Å². The number of alkyl halides is 1. The van der Waals surface area contributed by atoms with Crippen LogP contribution >= 0.6 is 34.2 Å². The minimum Gasteiger partial charge on any atom is -0.461 e. The zero-order valence-corrected chi connectivity index (χ0v) is 11.6. The fourth-order valence-corrected chi connectivity index (χ4v) is 1.82. The number of halogens is 2. The summed E-state index contributed by atoms with van der Waals surface area (Å²) in [4.78, 5) is 29.0. The highest BCUT2D eigenvalue weighted by atomic mass is 127. The Morgan fingerprint density at radius 3 is 2.71 bits per heavy atom. The summed E-state index contributed by atoms with van der Waals surface area (Å²) in [6, 6.07) is 0. The van der Waals surface area contributed by atoms with Crippen LogP contribution in [0.3, 0.4) is 0 Å². The lowest BCUT2D eigenvalue weighted by molar-refractivity contribution is -0.386. The summed E-state index contributed by atoms with van der Waals surface area (Å²) in [7, 11) is 0. The molecule has 0 amide bonds. The Morgan fingerprint density at radius 2 is 2.24 bits per heavy atom. The molecule has 1 aromatic rings. The van der Waals surface area contributed by atoms with E-state index in [-0.39, 0.29) is 22.0 Å². The Bertz CT molecular complexity index is 468. The third-order valence-electron chi connectivity index (χ3n) is 1.71. The van der Waals surface area contributed by atoms with E-state index in [0.717, 1.165) is 0 Å². The number of carbonyl (C=O) groups excluding carboxylic acids is 1. The third-order valence-corrected chi connectivity index (χ3v) is 2.60. The first-order valence-electron chi connectivity index (χ1n) is 4.45. The maximum atomic E-state index is 11.5. The van der Waals surface area contributed by atoms with Crippen LogP contribution in [0, 0.1) is 10.1 Å². The first-order valence-corrected chi connectivity index (χ1v) is 6.35. The van der Waals surface area contributed by atoms with Crippen molar-refractivity contribution in [3.63, 3.8) is 0 Å². The van der Waals surface area contributed by atoms with Gasteiger partial charge >= 0.3 is 11.7 Å². The number of nitrogens with zero attached hydrogens (tertiary/aromatic N) is 3. The molecule has 0 aliphatic carbocycles. The van der Waals surface area contributed by atoms with Crippen LogP contribution in [0.4, 0.5) is 5.69 Å². The van der Waals surface area contributed by atoms with E-state index < -0.39 is 22.3 Å². The monoisotopic (exact) mass is 371 g/mol. The second-order valence-corrected chi connectivity index (χ2v) is 3.85. The fourth-order valence-electron chi connectivity index (χ4n) is 1.10. The van der Waals surface area contributed by atoms with Crippen molar-refractivity contribution in [2.24, 2.45) is 0 Å². The van der Waals surface area contributed by atoms with Crippen molar-refractivity contribution in [3.8, 4) is 0 Å².